The van der Waals surface area contributed by atoms with Crippen LogP contribution < -0.4 is 10.6 Å². The van der Waals surface area contributed by atoms with E-state index in [4.69, 9.17) is 0 Å². The molecule has 8 aliphatic rings. The molecule has 0 amide bonds. The van der Waals surface area contributed by atoms with Crippen molar-refractivity contribution in [3.05, 3.63) is 95.1 Å². The minimum Gasteiger partial charge on any atom is -0.0947 e. The monoisotopic (exact) mass is 618 g/mol. The molecule has 8 bridgehead atoms. The van der Waals surface area contributed by atoms with Gasteiger partial charge in [0, 0.05) is 6.16 Å². The zero-order valence-electron chi connectivity index (χ0n) is 27.1. The Bertz CT molecular complexity index is 1360. The summed E-state index contributed by atoms with van der Waals surface area (Å²) in [4.78, 5) is 0. The van der Waals surface area contributed by atoms with Gasteiger partial charge in [-0.2, -0.15) is 0 Å². The molecule has 11 rings (SSSR count). The second kappa shape index (κ2) is 11.6. The van der Waals surface area contributed by atoms with Gasteiger partial charge >= 0.3 is 0 Å². The Kier molecular flexibility index (Phi) is 7.60. The summed E-state index contributed by atoms with van der Waals surface area (Å²) in [6, 6.07) is 28.4. The molecule has 0 heterocycles. The van der Waals surface area contributed by atoms with Crippen LogP contribution in [0.3, 0.4) is 0 Å². The molecule has 0 N–H and O–H groups in total. The summed E-state index contributed by atoms with van der Waals surface area (Å²) in [7, 11) is -0.443. The van der Waals surface area contributed by atoms with Gasteiger partial charge in [-0.25, -0.2) is 0 Å². The summed E-state index contributed by atoms with van der Waals surface area (Å²) in [5.74, 6) is 8.61. The summed E-state index contributed by atoms with van der Waals surface area (Å²) < 4.78 is 0. The molecule has 8 fully saturated rings. The molecule has 0 spiro atoms. The molecule has 0 unspecified atom stereocenters. The van der Waals surface area contributed by atoms with Crippen LogP contribution in [0.1, 0.15) is 86.5 Å². The highest BCUT2D eigenvalue weighted by Gasteiger charge is 2.56. The van der Waals surface area contributed by atoms with Crippen molar-refractivity contribution in [3.63, 3.8) is 0 Å². The molecule has 8 aliphatic carbocycles. The highest BCUT2D eigenvalue weighted by atomic mass is 31.1. The van der Waals surface area contributed by atoms with Gasteiger partial charge in [-0.1, -0.05) is 80.7 Å². The molecule has 3 aromatic carbocycles. The quantitative estimate of drug-likeness (QED) is 0.220. The average Bonchev–Trinajstić information content (AvgIpc) is 3.00. The Balaban J connectivity index is 1.09. The molecule has 0 radical (unpaired) electrons. The lowest BCUT2D eigenvalue weighted by Crippen LogP contribution is -2.52. The van der Waals surface area contributed by atoms with E-state index in [9.17, 15) is 0 Å². The second-order valence-electron chi connectivity index (χ2n) is 16.4. The summed E-state index contributed by atoms with van der Waals surface area (Å²) >= 11 is 0. The fourth-order valence-electron chi connectivity index (χ4n) is 12.6. The molecule has 0 saturated heterocycles. The Morgan fingerprint density at radius 2 is 0.818 bits per heavy atom. The number of hydrogen-bond donors (Lipinski definition) is 0. The van der Waals surface area contributed by atoms with Gasteiger partial charge in [0.2, 0.25) is 0 Å². The van der Waals surface area contributed by atoms with Crippen molar-refractivity contribution < 1.29 is 0 Å². The lowest BCUT2D eigenvalue weighted by molar-refractivity contribution is 0.0129. The van der Waals surface area contributed by atoms with E-state index in [2.05, 4.69) is 86.6 Å². The van der Waals surface area contributed by atoms with Crippen LogP contribution in [0.25, 0.3) is 0 Å². The van der Waals surface area contributed by atoms with Crippen molar-refractivity contribution in [1.29, 1.82) is 0 Å². The summed E-state index contributed by atoms with van der Waals surface area (Å²) in [6.45, 7) is 4.68. The number of hydrogen-bond acceptors (Lipinski definition) is 0. The predicted octanol–water partition coefficient (Wildman–Crippen LogP) is 10.6. The SMILES string of the molecule is Cc1ccccc1P(Cc1ccccc1CP(C1C2CC3CC(C2)CC1C3)C1C2CC3CC(C2)CC1C3)c1ccccc1C. The Labute approximate surface area is 269 Å². The van der Waals surface area contributed by atoms with Crippen LogP contribution in [0, 0.1) is 61.2 Å². The third kappa shape index (κ3) is 5.09. The van der Waals surface area contributed by atoms with Crippen molar-refractivity contribution >= 4 is 26.5 Å². The average molecular weight is 619 g/mol. The highest BCUT2D eigenvalue weighted by Crippen LogP contribution is 2.72. The van der Waals surface area contributed by atoms with Gasteiger partial charge in [0.15, 0.2) is 0 Å². The largest absolute Gasteiger partial charge is 0.0947 e. The Morgan fingerprint density at radius 1 is 0.455 bits per heavy atom. The zero-order chi connectivity index (χ0) is 29.4. The van der Waals surface area contributed by atoms with Crippen LogP contribution in [0.2, 0.25) is 0 Å². The van der Waals surface area contributed by atoms with Crippen LogP contribution >= 0.6 is 15.8 Å². The van der Waals surface area contributed by atoms with Gasteiger partial charge in [0.1, 0.15) is 0 Å². The lowest BCUT2D eigenvalue weighted by Gasteiger charge is -2.62. The Hall–Kier alpha value is -1.48. The molecule has 0 aliphatic heterocycles. The van der Waals surface area contributed by atoms with Gasteiger partial charge in [0.25, 0.3) is 0 Å². The van der Waals surface area contributed by atoms with Gasteiger partial charge in [-0.05, 0) is 184 Å². The van der Waals surface area contributed by atoms with Crippen molar-refractivity contribution in [3.8, 4) is 0 Å². The fourth-order valence-corrected chi connectivity index (χ4v) is 20.0. The van der Waals surface area contributed by atoms with E-state index in [0.29, 0.717) is 0 Å². The van der Waals surface area contributed by atoms with Crippen LogP contribution in [0.4, 0.5) is 0 Å². The molecule has 0 atom stereocenters. The summed E-state index contributed by atoms with van der Waals surface area (Å²) in [5, 5.41) is 3.16. The molecule has 3 aromatic rings. The standard InChI is InChI=1S/C42H52P2/c1-27-9-3-7-13-39(27)43(40-14-8-4-10-28(40)2)25-33-11-5-6-12-34(33)26-44(41-35-17-29-15-30(19-35)20-36(41)18-29)42-37-21-31-16-32(23-37)24-38(42)22-31/h3-14,29-32,35-38,41-42H,15-26H2,1-2H3. The van der Waals surface area contributed by atoms with Crippen molar-refractivity contribution in [2.75, 3.05) is 0 Å². The minimum atomic E-state index is -0.451. The lowest BCUT2D eigenvalue weighted by atomic mass is 9.55. The number of aryl methyl sites for hydroxylation is 2. The molecule has 44 heavy (non-hydrogen) atoms. The molecular weight excluding hydrogens is 566 g/mol. The maximum Gasteiger partial charge on any atom is 0.00105 e. The first-order chi connectivity index (χ1) is 21.6. The third-order valence-electron chi connectivity index (χ3n) is 13.7. The van der Waals surface area contributed by atoms with E-state index in [-0.39, 0.29) is 7.92 Å². The topological polar surface area (TPSA) is 0 Å². The molecule has 0 nitrogen and oxygen atoms in total. The van der Waals surface area contributed by atoms with E-state index < -0.39 is 7.92 Å². The van der Waals surface area contributed by atoms with E-state index in [1.165, 1.54) is 23.5 Å². The molecular formula is C42H52P2. The molecule has 2 heteroatoms. The van der Waals surface area contributed by atoms with Gasteiger partial charge < -0.3 is 0 Å². The Morgan fingerprint density at radius 3 is 1.23 bits per heavy atom. The van der Waals surface area contributed by atoms with E-state index in [0.717, 1.165) is 58.7 Å². The van der Waals surface area contributed by atoms with Crippen LogP contribution in [0.15, 0.2) is 72.8 Å². The van der Waals surface area contributed by atoms with E-state index in [1.54, 1.807) is 85.9 Å². The second-order valence-corrected chi connectivity index (χ2v) is 21.1. The molecule has 8 saturated carbocycles. The maximum absolute atomic E-state index is 2.60. The summed E-state index contributed by atoms with van der Waals surface area (Å²) in [5.41, 5.74) is 8.49. The van der Waals surface area contributed by atoms with Crippen molar-refractivity contribution in [2.24, 2.45) is 47.3 Å². The fraction of sp³-hybridized carbons (Fsp3) is 0.571. The normalized spacial score (nSPS) is 37.2. The smallest absolute Gasteiger partial charge is 0.00105 e. The third-order valence-corrected chi connectivity index (χ3v) is 20.5. The predicted molar refractivity (Wildman–Crippen MR) is 191 cm³/mol. The first-order valence-corrected chi connectivity index (χ1v) is 21.5. The molecule has 0 aromatic heterocycles. The molecule has 230 valence electrons. The van der Waals surface area contributed by atoms with Crippen molar-refractivity contribution in [1.82, 2.24) is 0 Å². The van der Waals surface area contributed by atoms with Gasteiger partial charge in [0.05, 0.1) is 0 Å². The summed E-state index contributed by atoms with van der Waals surface area (Å²) in [6.07, 6.45) is 18.5. The van der Waals surface area contributed by atoms with Crippen LogP contribution in [-0.2, 0) is 12.3 Å². The van der Waals surface area contributed by atoms with Crippen LogP contribution in [-0.4, -0.2) is 11.3 Å². The highest BCUT2D eigenvalue weighted by molar-refractivity contribution is 7.72. The van der Waals surface area contributed by atoms with E-state index in [1.807, 2.05) is 0 Å². The van der Waals surface area contributed by atoms with Crippen molar-refractivity contribution in [2.45, 2.75) is 102 Å². The van der Waals surface area contributed by atoms with Crippen LogP contribution in [0.5, 0.6) is 0 Å². The van der Waals surface area contributed by atoms with Gasteiger partial charge in [-0.15, -0.1) is 0 Å². The maximum atomic E-state index is 2.60. The zero-order valence-corrected chi connectivity index (χ0v) is 28.9. The minimum absolute atomic E-state index is 0.00830. The van der Waals surface area contributed by atoms with E-state index >= 15 is 0 Å². The number of rotatable bonds is 8. The first kappa shape index (κ1) is 28.7. The van der Waals surface area contributed by atoms with Gasteiger partial charge in [-0.3, -0.25) is 0 Å². The first-order valence-electron chi connectivity index (χ1n) is 18.3. The number of benzene rings is 3.